The summed E-state index contributed by atoms with van der Waals surface area (Å²) in [6, 6.07) is 12.7. The van der Waals surface area contributed by atoms with Crippen LogP contribution in [0.3, 0.4) is 0 Å². The molecular formula is C19H22ClNO3. The zero-order valence-corrected chi connectivity index (χ0v) is 14.9. The lowest BCUT2D eigenvalue weighted by atomic mass is 10.2. The monoisotopic (exact) mass is 347 g/mol. The standard InChI is InChI=1S/C19H22ClNO3/c1-4-18(24-16-9-10-17(20)13(3)11-16)19(22)21-14-7-6-8-15(12-14)23-5-2/h6-12,18H,4-5H2,1-3H3,(H,21,22)/t18-/m1/s1. The second kappa shape index (κ2) is 8.60. The summed E-state index contributed by atoms with van der Waals surface area (Å²) in [5, 5.41) is 3.54. The summed E-state index contributed by atoms with van der Waals surface area (Å²) in [7, 11) is 0. The highest BCUT2D eigenvalue weighted by Crippen LogP contribution is 2.23. The molecule has 0 aromatic heterocycles. The smallest absolute Gasteiger partial charge is 0.265 e. The molecule has 0 aliphatic carbocycles. The van der Waals surface area contributed by atoms with Crippen LogP contribution >= 0.6 is 11.6 Å². The van der Waals surface area contributed by atoms with Crippen LogP contribution < -0.4 is 14.8 Å². The minimum Gasteiger partial charge on any atom is -0.494 e. The summed E-state index contributed by atoms with van der Waals surface area (Å²) in [6.07, 6.45) is -0.0279. The number of anilines is 1. The third-order valence-corrected chi connectivity index (χ3v) is 3.91. The van der Waals surface area contributed by atoms with E-state index in [1.807, 2.05) is 45.0 Å². The minimum absolute atomic E-state index is 0.196. The zero-order chi connectivity index (χ0) is 17.5. The Morgan fingerprint density at radius 1 is 1.17 bits per heavy atom. The van der Waals surface area contributed by atoms with Crippen LogP contribution in [0.4, 0.5) is 5.69 Å². The number of aryl methyl sites for hydroxylation is 1. The van der Waals surface area contributed by atoms with Gasteiger partial charge in [0.25, 0.3) is 5.91 Å². The molecule has 0 fully saturated rings. The molecule has 1 N–H and O–H groups in total. The number of carbonyl (C=O) groups excluding carboxylic acids is 1. The summed E-state index contributed by atoms with van der Waals surface area (Å²) >= 11 is 6.01. The first-order chi connectivity index (χ1) is 11.5. The van der Waals surface area contributed by atoms with Crippen LogP contribution in [0, 0.1) is 6.92 Å². The predicted molar refractivity (Wildman–Crippen MR) is 97.1 cm³/mol. The summed E-state index contributed by atoms with van der Waals surface area (Å²) in [5.41, 5.74) is 1.59. The summed E-state index contributed by atoms with van der Waals surface area (Å²) < 4.78 is 11.2. The molecule has 0 bridgehead atoms. The third kappa shape index (κ3) is 4.90. The molecule has 5 heteroatoms. The Bertz CT molecular complexity index is 703. The zero-order valence-electron chi connectivity index (χ0n) is 14.1. The summed E-state index contributed by atoms with van der Waals surface area (Å²) in [5.74, 6) is 1.15. The fourth-order valence-corrected chi connectivity index (χ4v) is 2.35. The lowest BCUT2D eigenvalue weighted by Crippen LogP contribution is -2.32. The predicted octanol–water partition coefficient (Wildman–Crippen LogP) is 4.84. The van der Waals surface area contributed by atoms with Crippen molar-refractivity contribution in [1.29, 1.82) is 0 Å². The number of amides is 1. The highest BCUT2D eigenvalue weighted by Gasteiger charge is 2.19. The molecule has 2 rings (SSSR count). The van der Waals surface area contributed by atoms with Crippen LogP contribution in [0.15, 0.2) is 42.5 Å². The number of ether oxygens (including phenoxy) is 2. The fraction of sp³-hybridized carbons (Fsp3) is 0.316. The Morgan fingerprint density at radius 2 is 1.96 bits per heavy atom. The quantitative estimate of drug-likeness (QED) is 0.779. The van der Waals surface area contributed by atoms with E-state index in [0.717, 1.165) is 11.3 Å². The van der Waals surface area contributed by atoms with Crippen molar-refractivity contribution in [3.63, 3.8) is 0 Å². The average molecular weight is 348 g/mol. The Morgan fingerprint density at radius 3 is 2.62 bits per heavy atom. The van der Waals surface area contributed by atoms with Crippen LogP contribution in [0.2, 0.25) is 5.02 Å². The van der Waals surface area contributed by atoms with E-state index in [4.69, 9.17) is 21.1 Å². The van der Waals surface area contributed by atoms with Gasteiger partial charge in [0.1, 0.15) is 11.5 Å². The molecule has 0 radical (unpaired) electrons. The van der Waals surface area contributed by atoms with Crippen molar-refractivity contribution in [2.75, 3.05) is 11.9 Å². The Kier molecular flexibility index (Phi) is 6.50. The van der Waals surface area contributed by atoms with E-state index in [1.165, 1.54) is 0 Å². The molecule has 0 saturated heterocycles. The van der Waals surface area contributed by atoms with Crippen molar-refractivity contribution in [1.82, 2.24) is 0 Å². The molecule has 4 nitrogen and oxygen atoms in total. The molecule has 2 aromatic rings. The van der Waals surface area contributed by atoms with Gasteiger partial charge in [-0.1, -0.05) is 24.6 Å². The second-order valence-electron chi connectivity index (χ2n) is 5.38. The first-order valence-corrected chi connectivity index (χ1v) is 8.37. The van der Waals surface area contributed by atoms with Crippen molar-refractivity contribution in [3.05, 3.63) is 53.1 Å². The van der Waals surface area contributed by atoms with E-state index in [1.54, 1.807) is 18.2 Å². The largest absolute Gasteiger partial charge is 0.494 e. The van der Waals surface area contributed by atoms with E-state index >= 15 is 0 Å². The molecule has 0 aliphatic heterocycles. The molecule has 0 heterocycles. The summed E-state index contributed by atoms with van der Waals surface area (Å²) in [4.78, 5) is 12.5. The molecule has 0 aliphatic rings. The van der Waals surface area contributed by atoms with E-state index < -0.39 is 6.10 Å². The van der Waals surface area contributed by atoms with Gasteiger partial charge in [0.05, 0.1) is 6.61 Å². The van der Waals surface area contributed by atoms with Crippen molar-refractivity contribution in [2.45, 2.75) is 33.3 Å². The molecule has 24 heavy (non-hydrogen) atoms. The van der Waals surface area contributed by atoms with Gasteiger partial charge in [-0.05, 0) is 56.2 Å². The van der Waals surface area contributed by atoms with Gasteiger partial charge < -0.3 is 14.8 Å². The molecule has 1 amide bonds. The number of hydrogen-bond acceptors (Lipinski definition) is 3. The number of carbonyl (C=O) groups is 1. The van der Waals surface area contributed by atoms with Gasteiger partial charge in [-0.3, -0.25) is 4.79 Å². The topological polar surface area (TPSA) is 47.6 Å². The number of halogens is 1. The molecule has 0 unspecified atom stereocenters. The Labute approximate surface area is 147 Å². The first-order valence-electron chi connectivity index (χ1n) is 8.00. The van der Waals surface area contributed by atoms with Gasteiger partial charge in [0.15, 0.2) is 6.10 Å². The van der Waals surface area contributed by atoms with E-state index in [0.29, 0.717) is 29.5 Å². The van der Waals surface area contributed by atoms with Gasteiger partial charge in [-0.25, -0.2) is 0 Å². The maximum atomic E-state index is 12.5. The van der Waals surface area contributed by atoms with E-state index in [-0.39, 0.29) is 5.91 Å². The van der Waals surface area contributed by atoms with Crippen LogP contribution in [-0.4, -0.2) is 18.6 Å². The van der Waals surface area contributed by atoms with Crippen LogP contribution in [0.5, 0.6) is 11.5 Å². The van der Waals surface area contributed by atoms with Crippen molar-refractivity contribution < 1.29 is 14.3 Å². The first kappa shape index (κ1) is 18.1. The highest BCUT2D eigenvalue weighted by molar-refractivity contribution is 6.31. The van der Waals surface area contributed by atoms with Crippen LogP contribution in [0.25, 0.3) is 0 Å². The normalized spacial score (nSPS) is 11.7. The van der Waals surface area contributed by atoms with Crippen molar-refractivity contribution >= 4 is 23.2 Å². The lowest BCUT2D eigenvalue weighted by molar-refractivity contribution is -0.122. The van der Waals surface area contributed by atoms with Gasteiger partial charge in [0.2, 0.25) is 0 Å². The molecule has 0 spiro atoms. The molecule has 1 atom stereocenters. The average Bonchev–Trinajstić information content (AvgIpc) is 2.56. The maximum Gasteiger partial charge on any atom is 0.265 e. The number of hydrogen-bond donors (Lipinski definition) is 1. The molecule has 0 saturated carbocycles. The van der Waals surface area contributed by atoms with Crippen molar-refractivity contribution in [3.8, 4) is 11.5 Å². The van der Waals surface area contributed by atoms with Gasteiger partial charge in [-0.15, -0.1) is 0 Å². The van der Waals surface area contributed by atoms with E-state index in [2.05, 4.69) is 5.32 Å². The minimum atomic E-state index is -0.582. The van der Waals surface area contributed by atoms with Gasteiger partial charge >= 0.3 is 0 Å². The van der Waals surface area contributed by atoms with E-state index in [9.17, 15) is 4.79 Å². The van der Waals surface area contributed by atoms with Gasteiger partial charge in [0, 0.05) is 16.8 Å². The van der Waals surface area contributed by atoms with Crippen LogP contribution in [0.1, 0.15) is 25.8 Å². The second-order valence-corrected chi connectivity index (χ2v) is 5.78. The summed E-state index contributed by atoms with van der Waals surface area (Å²) in [6.45, 7) is 6.30. The maximum absolute atomic E-state index is 12.5. The lowest BCUT2D eigenvalue weighted by Gasteiger charge is -2.18. The Balaban J connectivity index is 2.05. The highest BCUT2D eigenvalue weighted by atomic mass is 35.5. The molecular weight excluding hydrogens is 326 g/mol. The fourth-order valence-electron chi connectivity index (χ4n) is 2.23. The van der Waals surface area contributed by atoms with Crippen molar-refractivity contribution in [2.24, 2.45) is 0 Å². The molecule has 128 valence electrons. The number of nitrogens with one attached hydrogen (secondary N) is 1. The number of rotatable bonds is 7. The van der Waals surface area contributed by atoms with Crippen LogP contribution in [-0.2, 0) is 4.79 Å². The van der Waals surface area contributed by atoms with Gasteiger partial charge in [-0.2, -0.15) is 0 Å². The SMILES string of the molecule is CCOc1cccc(NC(=O)[C@@H](CC)Oc2ccc(Cl)c(C)c2)c1. The Hall–Kier alpha value is -2.20. The third-order valence-electron chi connectivity index (χ3n) is 3.48. The number of benzene rings is 2. The molecule has 2 aromatic carbocycles.